The molecule has 1 amide bonds. The molecule has 0 atom stereocenters. The zero-order valence-corrected chi connectivity index (χ0v) is 17.3. The van der Waals surface area contributed by atoms with E-state index in [0.717, 1.165) is 41.1 Å². The quantitative estimate of drug-likeness (QED) is 0.607. The fourth-order valence-electron chi connectivity index (χ4n) is 3.49. The molecule has 0 aliphatic carbocycles. The Bertz CT molecular complexity index is 1050. The van der Waals surface area contributed by atoms with Crippen LogP contribution in [0.3, 0.4) is 0 Å². The first-order chi connectivity index (χ1) is 14.6. The topological polar surface area (TPSA) is 92.3 Å². The molecule has 1 saturated heterocycles. The number of ether oxygens (including phenoxy) is 1. The molecule has 2 aromatic heterocycles. The van der Waals surface area contributed by atoms with Gasteiger partial charge in [0.15, 0.2) is 0 Å². The minimum atomic E-state index is -0.201. The zero-order chi connectivity index (χ0) is 20.9. The van der Waals surface area contributed by atoms with E-state index in [4.69, 9.17) is 4.74 Å². The molecule has 3 heterocycles. The fraction of sp³-hybridized carbons (Fsp3) is 0.364. The van der Waals surface area contributed by atoms with Crippen molar-refractivity contribution < 1.29 is 9.53 Å². The first kappa shape index (κ1) is 20.0. The second-order valence-corrected chi connectivity index (χ2v) is 7.31. The third-order valence-electron chi connectivity index (χ3n) is 4.94. The fourth-order valence-corrected chi connectivity index (χ4v) is 3.49. The summed E-state index contributed by atoms with van der Waals surface area (Å²) < 4.78 is 5.38. The Morgan fingerprint density at radius 2 is 1.80 bits per heavy atom. The van der Waals surface area contributed by atoms with Crippen LogP contribution in [0.1, 0.15) is 21.9 Å². The Morgan fingerprint density at radius 1 is 1.03 bits per heavy atom. The van der Waals surface area contributed by atoms with Crippen LogP contribution in [-0.4, -0.2) is 60.3 Å². The van der Waals surface area contributed by atoms with Crippen LogP contribution in [0.15, 0.2) is 36.4 Å². The number of aryl methyl sites for hydroxylation is 2. The number of nitrogens with zero attached hydrogens (tertiary/aromatic N) is 4. The highest BCUT2D eigenvalue weighted by Crippen LogP contribution is 2.22. The molecule has 0 saturated carbocycles. The number of fused-ring (bicyclic) bond motifs is 1. The van der Waals surface area contributed by atoms with Crippen LogP contribution in [0, 0.1) is 13.8 Å². The van der Waals surface area contributed by atoms with E-state index in [0.29, 0.717) is 37.9 Å². The molecular weight excluding hydrogens is 380 g/mol. The van der Waals surface area contributed by atoms with Crippen molar-refractivity contribution in [2.24, 2.45) is 0 Å². The van der Waals surface area contributed by atoms with Crippen LogP contribution < -0.4 is 15.5 Å². The third-order valence-corrected chi connectivity index (χ3v) is 4.94. The van der Waals surface area contributed by atoms with E-state index >= 15 is 0 Å². The summed E-state index contributed by atoms with van der Waals surface area (Å²) in [4.78, 5) is 28.2. The summed E-state index contributed by atoms with van der Waals surface area (Å²) in [5.41, 5.74) is 4.08. The SMILES string of the molecule is Cc1cc(C(=O)NCCNc2cc(C)nc3ccccc23)nc(N2CCOCC2)n1. The molecular formula is C22H26N6O2. The van der Waals surface area contributed by atoms with Crippen molar-refractivity contribution in [2.75, 3.05) is 49.6 Å². The number of morpholine rings is 1. The molecule has 0 bridgehead atoms. The van der Waals surface area contributed by atoms with E-state index in [1.165, 1.54) is 0 Å². The lowest BCUT2D eigenvalue weighted by molar-refractivity contribution is 0.0949. The van der Waals surface area contributed by atoms with Crippen molar-refractivity contribution in [3.05, 3.63) is 53.5 Å². The van der Waals surface area contributed by atoms with Crippen LogP contribution in [0.25, 0.3) is 10.9 Å². The molecule has 0 radical (unpaired) electrons. The number of para-hydroxylation sites is 1. The maximum atomic E-state index is 12.6. The summed E-state index contributed by atoms with van der Waals surface area (Å²) in [6, 6.07) is 11.8. The highest BCUT2D eigenvalue weighted by molar-refractivity contribution is 5.93. The number of carbonyl (C=O) groups excluding carboxylic acids is 1. The highest BCUT2D eigenvalue weighted by atomic mass is 16.5. The van der Waals surface area contributed by atoms with Gasteiger partial charge in [0.05, 0.1) is 18.7 Å². The van der Waals surface area contributed by atoms with Gasteiger partial charge in [-0.25, -0.2) is 9.97 Å². The van der Waals surface area contributed by atoms with Crippen LogP contribution in [-0.2, 0) is 4.74 Å². The van der Waals surface area contributed by atoms with Crippen molar-refractivity contribution in [1.29, 1.82) is 0 Å². The van der Waals surface area contributed by atoms with Crippen LogP contribution in [0.4, 0.5) is 11.6 Å². The number of nitrogens with one attached hydrogen (secondary N) is 2. The Morgan fingerprint density at radius 3 is 2.63 bits per heavy atom. The third kappa shape index (κ3) is 4.65. The Kier molecular flexibility index (Phi) is 6.04. The number of amides is 1. The zero-order valence-electron chi connectivity index (χ0n) is 17.3. The second-order valence-electron chi connectivity index (χ2n) is 7.31. The largest absolute Gasteiger partial charge is 0.383 e. The molecule has 1 aromatic carbocycles. The number of rotatable bonds is 6. The summed E-state index contributed by atoms with van der Waals surface area (Å²) in [5.74, 6) is 0.382. The maximum absolute atomic E-state index is 12.6. The van der Waals surface area contributed by atoms with E-state index in [-0.39, 0.29) is 5.91 Å². The summed E-state index contributed by atoms with van der Waals surface area (Å²) >= 11 is 0. The second kappa shape index (κ2) is 9.04. The summed E-state index contributed by atoms with van der Waals surface area (Å²) in [6.45, 7) is 7.68. The average molecular weight is 406 g/mol. The number of anilines is 2. The van der Waals surface area contributed by atoms with E-state index in [2.05, 4.69) is 25.6 Å². The number of hydrogen-bond donors (Lipinski definition) is 2. The van der Waals surface area contributed by atoms with Crippen LogP contribution in [0.5, 0.6) is 0 Å². The Hall–Kier alpha value is -3.26. The first-order valence-corrected chi connectivity index (χ1v) is 10.2. The van der Waals surface area contributed by atoms with Crippen molar-refractivity contribution in [2.45, 2.75) is 13.8 Å². The number of hydrogen-bond acceptors (Lipinski definition) is 7. The minimum Gasteiger partial charge on any atom is -0.383 e. The smallest absolute Gasteiger partial charge is 0.270 e. The molecule has 0 spiro atoms. The molecule has 1 aliphatic heterocycles. The standard InChI is InChI=1S/C22H26N6O2/c1-15-13-19(17-5-3-4-6-18(17)25-15)23-7-8-24-21(29)20-14-16(2)26-22(27-20)28-9-11-30-12-10-28/h3-6,13-14H,7-12H2,1-2H3,(H,23,25)(H,24,29). The summed E-state index contributed by atoms with van der Waals surface area (Å²) in [6.07, 6.45) is 0. The van der Waals surface area contributed by atoms with Gasteiger partial charge in [0.1, 0.15) is 5.69 Å². The molecule has 30 heavy (non-hydrogen) atoms. The van der Waals surface area contributed by atoms with Gasteiger partial charge in [0, 0.05) is 48.6 Å². The van der Waals surface area contributed by atoms with E-state index in [1.807, 2.05) is 49.1 Å². The summed E-state index contributed by atoms with van der Waals surface area (Å²) in [5, 5.41) is 7.40. The minimum absolute atomic E-state index is 0.201. The van der Waals surface area contributed by atoms with Gasteiger partial charge in [0.25, 0.3) is 5.91 Å². The van der Waals surface area contributed by atoms with Gasteiger partial charge < -0.3 is 20.3 Å². The molecule has 0 unspecified atom stereocenters. The van der Waals surface area contributed by atoms with Gasteiger partial charge in [-0.3, -0.25) is 9.78 Å². The molecule has 156 valence electrons. The van der Waals surface area contributed by atoms with E-state index < -0.39 is 0 Å². The van der Waals surface area contributed by atoms with Crippen molar-refractivity contribution in [1.82, 2.24) is 20.3 Å². The van der Waals surface area contributed by atoms with Crippen LogP contribution in [0.2, 0.25) is 0 Å². The molecule has 1 fully saturated rings. The van der Waals surface area contributed by atoms with Gasteiger partial charge >= 0.3 is 0 Å². The average Bonchev–Trinajstić information content (AvgIpc) is 2.76. The molecule has 3 aromatic rings. The maximum Gasteiger partial charge on any atom is 0.270 e. The highest BCUT2D eigenvalue weighted by Gasteiger charge is 2.17. The predicted molar refractivity (Wildman–Crippen MR) is 117 cm³/mol. The van der Waals surface area contributed by atoms with Crippen molar-refractivity contribution in [3.8, 4) is 0 Å². The van der Waals surface area contributed by atoms with Gasteiger partial charge in [-0.2, -0.15) is 0 Å². The molecule has 8 heteroatoms. The number of aromatic nitrogens is 3. The predicted octanol–water partition coefficient (Wildman–Crippen LogP) is 2.32. The lowest BCUT2D eigenvalue weighted by Gasteiger charge is -2.27. The molecule has 2 N–H and O–H groups in total. The number of carbonyl (C=O) groups is 1. The van der Waals surface area contributed by atoms with Gasteiger partial charge in [-0.1, -0.05) is 18.2 Å². The van der Waals surface area contributed by atoms with Gasteiger partial charge in [-0.05, 0) is 32.0 Å². The van der Waals surface area contributed by atoms with Crippen molar-refractivity contribution >= 4 is 28.4 Å². The summed E-state index contributed by atoms with van der Waals surface area (Å²) in [7, 11) is 0. The van der Waals surface area contributed by atoms with Gasteiger partial charge in [-0.15, -0.1) is 0 Å². The number of pyridine rings is 1. The van der Waals surface area contributed by atoms with E-state index in [9.17, 15) is 4.79 Å². The van der Waals surface area contributed by atoms with E-state index in [1.54, 1.807) is 6.07 Å². The van der Waals surface area contributed by atoms with Gasteiger partial charge in [0.2, 0.25) is 5.95 Å². The van der Waals surface area contributed by atoms with Crippen LogP contribution >= 0.6 is 0 Å². The monoisotopic (exact) mass is 406 g/mol. The lowest BCUT2D eigenvalue weighted by Crippen LogP contribution is -2.38. The Balaban J connectivity index is 1.37. The lowest BCUT2D eigenvalue weighted by atomic mass is 10.1. The number of benzene rings is 1. The molecule has 1 aliphatic rings. The molecule has 8 nitrogen and oxygen atoms in total. The first-order valence-electron chi connectivity index (χ1n) is 10.2. The van der Waals surface area contributed by atoms with Crippen molar-refractivity contribution in [3.63, 3.8) is 0 Å². The molecule has 4 rings (SSSR count). The Labute approximate surface area is 175 Å². The normalized spacial score (nSPS) is 14.0.